The maximum atomic E-state index is 9.55. The van der Waals surface area contributed by atoms with Crippen molar-refractivity contribution in [1.82, 2.24) is 0 Å². The number of para-hydroxylation sites is 2. The maximum absolute atomic E-state index is 9.55. The molecule has 0 aliphatic heterocycles. The van der Waals surface area contributed by atoms with Crippen LogP contribution >= 0.6 is 0 Å². The lowest BCUT2D eigenvalue weighted by Crippen LogP contribution is -1.91. The van der Waals surface area contributed by atoms with Crippen molar-refractivity contribution in [2.45, 2.75) is 0 Å². The van der Waals surface area contributed by atoms with Crippen molar-refractivity contribution in [2.75, 3.05) is 11.5 Å². The van der Waals surface area contributed by atoms with E-state index in [2.05, 4.69) is 0 Å². The van der Waals surface area contributed by atoms with Crippen LogP contribution in [0.3, 0.4) is 0 Å². The van der Waals surface area contributed by atoms with Gasteiger partial charge in [-0.3, -0.25) is 0 Å². The molecule has 0 fully saturated rings. The highest BCUT2D eigenvalue weighted by Crippen LogP contribution is 2.10. The average molecular weight is 224 g/mol. The van der Waals surface area contributed by atoms with Crippen LogP contribution in [0.15, 0.2) is 36.4 Å². The summed E-state index contributed by atoms with van der Waals surface area (Å²) >= 11 is 0. The molecule has 16 heavy (non-hydrogen) atoms. The molecule has 0 bridgehead atoms. The number of nitrogen functional groups attached to an aromatic ring is 2. The van der Waals surface area contributed by atoms with Gasteiger partial charge in [0.2, 0.25) is 0 Å². The summed E-state index contributed by atoms with van der Waals surface area (Å²) in [5.41, 5.74) is 12.1. The molecule has 0 spiro atoms. The van der Waals surface area contributed by atoms with Crippen molar-refractivity contribution in [3.05, 3.63) is 36.4 Å². The molecule has 0 heterocycles. The fourth-order valence-corrected chi connectivity index (χ4v) is 0.653. The lowest BCUT2D eigenvalue weighted by atomic mass is 10.3. The minimum atomic E-state index is -1.26. The molecule has 6 nitrogen and oxygen atoms in total. The molecular weight excluding hydrogens is 212 g/mol. The van der Waals surface area contributed by atoms with E-state index in [0.29, 0.717) is 23.5 Å². The Morgan fingerprint density at radius 2 is 1.25 bits per heavy atom. The minimum absolute atomic E-state index is 0.558. The Morgan fingerprint density at radius 1 is 0.938 bits per heavy atom. The molecule has 0 unspecified atom stereocenters. The fourth-order valence-electron chi connectivity index (χ4n) is 0.653. The molecule has 0 saturated heterocycles. The van der Waals surface area contributed by atoms with Gasteiger partial charge in [-0.05, 0) is 12.1 Å². The summed E-state index contributed by atoms with van der Waals surface area (Å²) < 4.78 is 0. The Balaban J connectivity index is 0.000000281. The van der Waals surface area contributed by atoms with Crippen molar-refractivity contribution in [3.8, 4) is 0 Å². The van der Waals surface area contributed by atoms with Gasteiger partial charge in [0, 0.05) is 12.2 Å². The minimum Gasteiger partial charge on any atom is -0.478 e. The number of hydrogen-bond acceptors (Lipinski definition) is 4. The van der Waals surface area contributed by atoms with E-state index < -0.39 is 11.9 Å². The standard InChI is InChI=1S/C6H8N2.C4H4O4/c7-5-3-1-2-4-6(5)8;5-3(6)1-2-4(7)8/h1-4H,7-8H2;1-2H,(H,5,6)(H,7,8)/b;2-1-. The first-order valence-electron chi connectivity index (χ1n) is 4.17. The number of nitrogens with two attached hydrogens (primary N) is 2. The number of carboxylic acid groups (broad SMARTS) is 2. The van der Waals surface area contributed by atoms with Crippen LogP contribution < -0.4 is 11.5 Å². The third-order valence-electron chi connectivity index (χ3n) is 1.36. The third-order valence-corrected chi connectivity index (χ3v) is 1.36. The number of carboxylic acids is 2. The van der Waals surface area contributed by atoms with E-state index in [1.165, 1.54) is 0 Å². The Kier molecular flexibility index (Phi) is 5.81. The zero-order valence-corrected chi connectivity index (χ0v) is 8.33. The highest BCUT2D eigenvalue weighted by Gasteiger charge is 1.88. The summed E-state index contributed by atoms with van der Waals surface area (Å²) in [5.74, 6) is -2.51. The highest BCUT2D eigenvalue weighted by atomic mass is 16.4. The van der Waals surface area contributed by atoms with Crippen LogP contribution in [0.5, 0.6) is 0 Å². The number of benzene rings is 1. The number of rotatable bonds is 2. The molecule has 1 aromatic carbocycles. The first kappa shape index (κ1) is 13.5. The van der Waals surface area contributed by atoms with Gasteiger partial charge in [-0.25, -0.2) is 9.59 Å². The molecule has 0 atom stereocenters. The van der Waals surface area contributed by atoms with Crippen molar-refractivity contribution in [3.63, 3.8) is 0 Å². The van der Waals surface area contributed by atoms with Crippen LogP contribution in [-0.2, 0) is 9.59 Å². The van der Waals surface area contributed by atoms with E-state index in [0.717, 1.165) is 0 Å². The van der Waals surface area contributed by atoms with Crippen LogP contribution in [0.2, 0.25) is 0 Å². The van der Waals surface area contributed by atoms with Gasteiger partial charge in [0.05, 0.1) is 11.4 Å². The number of anilines is 2. The van der Waals surface area contributed by atoms with E-state index in [4.69, 9.17) is 21.7 Å². The third kappa shape index (κ3) is 6.96. The summed E-state index contributed by atoms with van der Waals surface area (Å²) in [6.45, 7) is 0. The second kappa shape index (κ2) is 6.88. The van der Waals surface area contributed by atoms with Crippen LogP contribution in [0.4, 0.5) is 11.4 Å². The zero-order valence-electron chi connectivity index (χ0n) is 8.33. The van der Waals surface area contributed by atoms with Crippen LogP contribution in [0.25, 0.3) is 0 Å². The first-order valence-corrected chi connectivity index (χ1v) is 4.17. The second-order valence-electron chi connectivity index (χ2n) is 2.64. The molecule has 1 rings (SSSR count). The van der Waals surface area contributed by atoms with Crippen molar-refractivity contribution < 1.29 is 19.8 Å². The van der Waals surface area contributed by atoms with Gasteiger partial charge >= 0.3 is 11.9 Å². The van der Waals surface area contributed by atoms with Gasteiger partial charge in [-0.1, -0.05) is 12.1 Å². The smallest absolute Gasteiger partial charge is 0.328 e. The number of carbonyl (C=O) groups is 2. The topological polar surface area (TPSA) is 127 Å². The number of hydrogen-bond donors (Lipinski definition) is 4. The van der Waals surface area contributed by atoms with E-state index >= 15 is 0 Å². The summed E-state index contributed by atoms with van der Waals surface area (Å²) in [5, 5.41) is 15.6. The van der Waals surface area contributed by atoms with E-state index in [1.807, 2.05) is 12.1 Å². The van der Waals surface area contributed by atoms with E-state index in [-0.39, 0.29) is 0 Å². The van der Waals surface area contributed by atoms with Gasteiger partial charge in [-0.2, -0.15) is 0 Å². The van der Waals surface area contributed by atoms with Crippen LogP contribution in [0, 0.1) is 0 Å². The lowest BCUT2D eigenvalue weighted by Gasteiger charge is -1.94. The van der Waals surface area contributed by atoms with Gasteiger partial charge < -0.3 is 21.7 Å². The Bertz CT molecular complexity index is 365. The fraction of sp³-hybridized carbons (Fsp3) is 0. The quantitative estimate of drug-likeness (QED) is 0.429. The second-order valence-corrected chi connectivity index (χ2v) is 2.64. The lowest BCUT2D eigenvalue weighted by molar-refractivity contribution is -0.134. The Hall–Kier alpha value is -2.50. The molecule has 0 aromatic heterocycles. The normalized spacial score (nSPS) is 9.25. The molecule has 0 saturated carbocycles. The molecule has 0 aliphatic carbocycles. The maximum Gasteiger partial charge on any atom is 0.328 e. The number of aliphatic carboxylic acids is 2. The molecule has 1 aromatic rings. The molecule has 6 N–H and O–H groups in total. The van der Waals surface area contributed by atoms with Crippen molar-refractivity contribution in [1.29, 1.82) is 0 Å². The molecule has 6 heteroatoms. The van der Waals surface area contributed by atoms with Crippen LogP contribution in [0.1, 0.15) is 0 Å². The van der Waals surface area contributed by atoms with Crippen LogP contribution in [-0.4, -0.2) is 22.2 Å². The van der Waals surface area contributed by atoms with E-state index in [9.17, 15) is 9.59 Å². The summed E-state index contributed by atoms with van der Waals surface area (Å²) in [6.07, 6.45) is 1.12. The monoisotopic (exact) mass is 224 g/mol. The predicted octanol–water partition coefficient (Wildman–Crippen LogP) is 0.563. The largest absolute Gasteiger partial charge is 0.478 e. The zero-order chi connectivity index (χ0) is 12.6. The van der Waals surface area contributed by atoms with Gasteiger partial charge in [-0.15, -0.1) is 0 Å². The SMILES string of the molecule is Nc1ccccc1N.O=C(O)/C=C\C(=O)O. The molecule has 0 radical (unpaired) electrons. The van der Waals surface area contributed by atoms with Crippen molar-refractivity contribution >= 4 is 23.3 Å². The van der Waals surface area contributed by atoms with Gasteiger partial charge in [0.1, 0.15) is 0 Å². The summed E-state index contributed by atoms with van der Waals surface area (Å²) in [6, 6.07) is 7.25. The molecular formula is C10H12N2O4. The predicted molar refractivity (Wildman–Crippen MR) is 59.7 cm³/mol. The van der Waals surface area contributed by atoms with Crippen molar-refractivity contribution in [2.24, 2.45) is 0 Å². The molecule has 86 valence electrons. The van der Waals surface area contributed by atoms with E-state index in [1.54, 1.807) is 12.1 Å². The highest BCUT2D eigenvalue weighted by molar-refractivity contribution is 5.89. The first-order chi connectivity index (χ1) is 7.43. The Labute approximate surface area is 91.8 Å². The summed E-state index contributed by atoms with van der Waals surface area (Å²) in [7, 11) is 0. The molecule has 0 aliphatic rings. The average Bonchev–Trinajstić information content (AvgIpc) is 2.20. The molecule has 0 amide bonds. The summed E-state index contributed by atoms with van der Waals surface area (Å²) in [4.78, 5) is 19.1. The Morgan fingerprint density at radius 3 is 1.44 bits per heavy atom. The van der Waals surface area contributed by atoms with Gasteiger partial charge in [0.15, 0.2) is 0 Å². The van der Waals surface area contributed by atoms with Gasteiger partial charge in [0.25, 0.3) is 0 Å².